The van der Waals surface area contributed by atoms with Gasteiger partial charge in [-0.3, -0.25) is 0 Å². The zero-order valence-corrected chi connectivity index (χ0v) is 22.4. The molecule has 0 radical (unpaired) electrons. The molecule has 27 heavy (non-hydrogen) atoms. The Hall–Kier alpha value is 0.940. The molecule has 0 aromatic heterocycles. The molecule has 0 saturated carbocycles. The number of rotatable bonds is 4. The van der Waals surface area contributed by atoms with Gasteiger partial charge in [0.05, 0.1) is 0 Å². The molecule has 10 heteroatoms. The van der Waals surface area contributed by atoms with E-state index in [4.69, 9.17) is 0 Å². The van der Waals surface area contributed by atoms with Crippen LogP contribution in [0.25, 0.3) is 0 Å². The molecule has 0 saturated heterocycles. The molecule has 0 aliphatic carbocycles. The summed E-state index contributed by atoms with van der Waals surface area (Å²) in [5.74, 6) is 0. The third-order valence-electron chi connectivity index (χ3n) is 3.96. The van der Waals surface area contributed by atoms with Gasteiger partial charge in [0.2, 0.25) is 0 Å². The van der Waals surface area contributed by atoms with Gasteiger partial charge in [-0.25, -0.2) is 0 Å². The first-order valence-electron chi connectivity index (χ1n) is 7.12. The molecule has 0 amide bonds. The van der Waals surface area contributed by atoms with Gasteiger partial charge < -0.3 is 0 Å². The van der Waals surface area contributed by atoms with Crippen molar-refractivity contribution in [1.82, 2.24) is 0 Å². The molecule has 0 nitrogen and oxygen atoms in total. The second-order valence-corrected chi connectivity index (χ2v) is 12.2. The molecule has 2 aromatic carbocycles. The van der Waals surface area contributed by atoms with E-state index in [9.17, 15) is 26.3 Å². The van der Waals surface area contributed by atoms with Gasteiger partial charge in [-0.05, 0) is 0 Å². The molecule has 0 bridgehead atoms. The fraction of sp³-hybridized carbons (Fsp3) is 0.294. The summed E-state index contributed by atoms with van der Waals surface area (Å²) < 4.78 is 87.5. The van der Waals surface area contributed by atoms with Crippen LogP contribution in [0.5, 0.6) is 0 Å². The monoisotopic (exact) mass is 838 g/mol. The third-order valence-corrected chi connectivity index (χ3v) is 12.0. The van der Waals surface area contributed by atoms with E-state index in [-0.39, 0.29) is 0 Å². The van der Waals surface area contributed by atoms with Crippen LogP contribution in [0.3, 0.4) is 0 Å². The second-order valence-electron chi connectivity index (χ2n) is 5.38. The van der Waals surface area contributed by atoms with Gasteiger partial charge in [0.25, 0.3) is 0 Å². The zero-order valence-electron chi connectivity index (χ0n) is 13.7. The fourth-order valence-electron chi connectivity index (χ4n) is 2.75. The molecule has 152 valence electrons. The van der Waals surface area contributed by atoms with Crippen molar-refractivity contribution in [2.75, 3.05) is 9.86 Å². The van der Waals surface area contributed by atoms with Crippen LogP contribution in [-0.2, 0) is 5.41 Å². The van der Waals surface area contributed by atoms with Crippen LogP contribution in [0.15, 0.2) is 36.4 Å². The number of benzene rings is 2. The van der Waals surface area contributed by atoms with Gasteiger partial charge in [0.1, 0.15) is 0 Å². The van der Waals surface area contributed by atoms with Crippen LogP contribution in [0.4, 0.5) is 26.3 Å². The Kier molecular flexibility index (Phi) is 8.05. The average molecular weight is 838 g/mol. The topological polar surface area (TPSA) is 0 Å². The van der Waals surface area contributed by atoms with Crippen LogP contribution in [0.1, 0.15) is 11.1 Å². The third kappa shape index (κ3) is 4.51. The number of halogens is 10. The predicted molar refractivity (Wildman–Crippen MR) is 100 cm³/mol. The summed E-state index contributed by atoms with van der Waals surface area (Å²) >= 11 is 2.72. The standard InChI is InChI=1S/C17H12F6I4/c1-26-13-5-3-9(7-11(13)24)15(16(18,19)20,17(21,22)23)10-4-6-14(27-2)12(25)8-10/h3-8H,1-2H3/q-2. The van der Waals surface area contributed by atoms with Crippen LogP contribution in [0.2, 0.25) is 0 Å². The first-order valence-corrected chi connectivity index (χ1v) is 15.8. The Morgan fingerprint density at radius 3 is 1.22 bits per heavy atom. The molecule has 0 aliphatic rings. The summed E-state index contributed by atoms with van der Waals surface area (Å²) in [6.07, 6.45) is -11.1. The zero-order chi connectivity index (χ0) is 20.6. The Morgan fingerprint density at radius 1 is 0.667 bits per heavy atom. The number of alkyl halides is 8. The summed E-state index contributed by atoms with van der Waals surface area (Å²) in [4.78, 5) is 3.82. The molecule has 0 atom stereocenters. The van der Waals surface area contributed by atoms with Gasteiger partial charge in [-0.15, -0.1) is 0 Å². The minimum atomic E-state index is -5.54. The van der Waals surface area contributed by atoms with E-state index >= 15 is 0 Å². The molecule has 0 unspecified atom stereocenters. The molecule has 0 spiro atoms. The molecule has 0 heterocycles. The van der Waals surface area contributed by atoms with Crippen molar-refractivity contribution in [2.24, 2.45) is 0 Å². The van der Waals surface area contributed by atoms with E-state index in [0.29, 0.717) is 7.14 Å². The quantitative estimate of drug-likeness (QED) is 0.233. The van der Waals surface area contributed by atoms with Crippen molar-refractivity contribution in [1.29, 1.82) is 0 Å². The molecular weight excluding hydrogens is 826 g/mol. The minimum absolute atomic E-state index is 0.434. The van der Waals surface area contributed by atoms with Crippen molar-refractivity contribution in [3.63, 3.8) is 0 Å². The number of hydrogen-bond acceptors (Lipinski definition) is 0. The fourth-order valence-corrected chi connectivity index (χ4v) is 8.93. The van der Waals surface area contributed by atoms with Crippen LogP contribution < -0.4 is 42.4 Å². The molecule has 2 aromatic rings. The first-order chi connectivity index (χ1) is 12.4. The van der Waals surface area contributed by atoms with Crippen molar-refractivity contribution in [2.45, 2.75) is 17.8 Å². The number of hydrogen-bond donors (Lipinski definition) is 0. The van der Waals surface area contributed by atoms with Crippen LogP contribution >= 0.6 is 45.2 Å². The van der Waals surface area contributed by atoms with Crippen molar-refractivity contribution < 1.29 is 68.8 Å². The average Bonchev–Trinajstić information content (AvgIpc) is 2.53. The van der Waals surface area contributed by atoms with E-state index in [1.807, 2.05) is 55.0 Å². The summed E-state index contributed by atoms with van der Waals surface area (Å²) in [5, 5.41) is 0. The van der Waals surface area contributed by atoms with Gasteiger partial charge >= 0.3 is 203 Å². The Bertz CT molecular complexity index is 760. The maximum atomic E-state index is 14.2. The van der Waals surface area contributed by atoms with E-state index in [1.165, 1.54) is 12.1 Å². The summed E-state index contributed by atoms with van der Waals surface area (Å²) in [6, 6.07) is 6.83. The second kappa shape index (κ2) is 8.98. The Morgan fingerprint density at radius 2 is 1.00 bits per heavy atom. The first kappa shape index (κ1) is 24.2. The van der Waals surface area contributed by atoms with Crippen molar-refractivity contribution >= 4 is 45.2 Å². The molecule has 2 rings (SSSR count). The normalized spacial score (nSPS) is 13.4. The van der Waals surface area contributed by atoms with Gasteiger partial charge in [0.15, 0.2) is 0 Å². The van der Waals surface area contributed by atoms with Crippen molar-refractivity contribution in [3.05, 3.63) is 61.8 Å². The SMILES string of the molecule is C[I-]c1ccc(C(c2ccc([I-]C)c(I)c2)(C(F)(F)F)C(F)(F)F)cc1I. The summed E-state index contributed by atoms with van der Waals surface area (Å²) in [6.45, 7) is 0. The van der Waals surface area contributed by atoms with E-state index in [1.54, 1.807) is 0 Å². The van der Waals surface area contributed by atoms with Gasteiger partial charge in [-0.1, -0.05) is 0 Å². The molecule has 0 aliphatic heterocycles. The summed E-state index contributed by atoms with van der Waals surface area (Å²) in [7, 11) is 0. The molecular formula is C17H12F6I4-2. The Labute approximate surface area is 201 Å². The summed E-state index contributed by atoms with van der Waals surface area (Å²) in [5.41, 5.74) is -5.64. The van der Waals surface area contributed by atoms with Crippen molar-refractivity contribution in [3.8, 4) is 0 Å². The predicted octanol–water partition coefficient (Wildman–Crippen LogP) is 0.0833. The van der Waals surface area contributed by atoms with E-state index < -0.39 is 71.3 Å². The van der Waals surface area contributed by atoms with E-state index in [0.717, 1.165) is 31.4 Å². The Balaban J connectivity index is 2.92. The maximum absolute atomic E-state index is 14.2. The molecule has 0 N–H and O–H groups in total. The van der Waals surface area contributed by atoms with Crippen LogP contribution in [0, 0.1) is 14.3 Å². The van der Waals surface area contributed by atoms with Gasteiger partial charge in [0, 0.05) is 0 Å². The van der Waals surface area contributed by atoms with Gasteiger partial charge in [-0.2, -0.15) is 0 Å². The van der Waals surface area contributed by atoms with E-state index in [2.05, 4.69) is 0 Å². The molecule has 0 fully saturated rings. The van der Waals surface area contributed by atoms with Crippen LogP contribution in [-0.4, -0.2) is 22.2 Å².